The second kappa shape index (κ2) is 6.83. The smallest absolute Gasteiger partial charge is 0.0439 e. The van der Waals surface area contributed by atoms with Crippen molar-refractivity contribution in [3.63, 3.8) is 0 Å². The average Bonchev–Trinajstić information content (AvgIpc) is 2.40. The molecule has 0 saturated heterocycles. The van der Waals surface area contributed by atoms with Gasteiger partial charge in [0.15, 0.2) is 0 Å². The number of likely N-dealkylation sites (N-methyl/N-ethyl adjacent to an activating group) is 1. The van der Waals surface area contributed by atoms with Crippen LogP contribution in [0.3, 0.4) is 0 Å². The number of nitrogens with one attached hydrogen (secondary N) is 1. The Hall–Kier alpha value is -1.02. The zero-order chi connectivity index (χ0) is 15.6. The van der Waals surface area contributed by atoms with Crippen LogP contribution in [0.2, 0.25) is 10.0 Å². The molecule has 0 radical (unpaired) electrons. The molecule has 1 unspecified atom stereocenters. The van der Waals surface area contributed by atoms with E-state index in [-0.39, 0.29) is 6.04 Å². The predicted octanol–water partition coefficient (Wildman–Crippen LogP) is 5.42. The van der Waals surface area contributed by atoms with Crippen molar-refractivity contribution in [2.24, 2.45) is 0 Å². The number of aryl methyl sites for hydroxylation is 3. The van der Waals surface area contributed by atoms with E-state index in [4.69, 9.17) is 23.2 Å². The van der Waals surface area contributed by atoms with Gasteiger partial charge in [-0.25, -0.2) is 0 Å². The van der Waals surface area contributed by atoms with E-state index in [1.165, 1.54) is 22.3 Å². The Morgan fingerprint density at radius 1 is 1.00 bits per heavy atom. The highest BCUT2D eigenvalue weighted by Gasteiger charge is 2.17. The Kier molecular flexibility index (Phi) is 5.32. The van der Waals surface area contributed by atoms with Crippen LogP contribution in [-0.2, 0) is 6.42 Å². The highest BCUT2D eigenvalue weighted by molar-refractivity contribution is 6.33. The lowest BCUT2D eigenvalue weighted by Crippen LogP contribution is -2.21. The molecular formula is C18H21Cl2N. The fourth-order valence-corrected chi connectivity index (χ4v) is 3.40. The van der Waals surface area contributed by atoms with Crippen LogP contribution in [0.25, 0.3) is 0 Å². The van der Waals surface area contributed by atoms with E-state index in [2.05, 4.69) is 38.2 Å². The van der Waals surface area contributed by atoms with E-state index >= 15 is 0 Å². The molecule has 0 aliphatic rings. The molecule has 2 aromatic carbocycles. The number of rotatable bonds is 4. The van der Waals surface area contributed by atoms with E-state index in [0.717, 1.165) is 22.0 Å². The van der Waals surface area contributed by atoms with Crippen molar-refractivity contribution in [3.05, 3.63) is 68.2 Å². The van der Waals surface area contributed by atoms with Crippen LogP contribution in [0.5, 0.6) is 0 Å². The van der Waals surface area contributed by atoms with Gasteiger partial charge in [0.05, 0.1) is 0 Å². The third-order valence-electron chi connectivity index (χ3n) is 3.87. The van der Waals surface area contributed by atoms with Gasteiger partial charge in [0.1, 0.15) is 0 Å². The fraction of sp³-hybridized carbons (Fsp3) is 0.333. The van der Waals surface area contributed by atoms with E-state index in [1.807, 2.05) is 25.2 Å². The van der Waals surface area contributed by atoms with Gasteiger partial charge < -0.3 is 5.32 Å². The highest BCUT2D eigenvalue weighted by atomic mass is 35.5. The summed E-state index contributed by atoms with van der Waals surface area (Å²) in [4.78, 5) is 0. The Bertz CT molecular complexity index is 627. The molecule has 0 saturated carbocycles. The maximum absolute atomic E-state index is 6.30. The molecule has 21 heavy (non-hydrogen) atoms. The average molecular weight is 322 g/mol. The lowest BCUT2D eigenvalue weighted by atomic mass is 9.90. The van der Waals surface area contributed by atoms with Gasteiger partial charge in [0.25, 0.3) is 0 Å². The molecule has 2 aromatic rings. The first-order valence-corrected chi connectivity index (χ1v) is 7.87. The normalized spacial score (nSPS) is 12.5. The van der Waals surface area contributed by atoms with Crippen molar-refractivity contribution in [1.82, 2.24) is 5.32 Å². The molecule has 3 heteroatoms. The van der Waals surface area contributed by atoms with E-state index in [9.17, 15) is 0 Å². The van der Waals surface area contributed by atoms with Crippen LogP contribution < -0.4 is 5.32 Å². The summed E-state index contributed by atoms with van der Waals surface area (Å²) >= 11 is 12.4. The molecule has 1 N–H and O–H groups in total. The van der Waals surface area contributed by atoms with E-state index < -0.39 is 0 Å². The Morgan fingerprint density at radius 2 is 1.62 bits per heavy atom. The maximum Gasteiger partial charge on any atom is 0.0439 e. The second-order valence-corrected chi connectivity index (χ2v) is 6.44. The van der Waals surface area contributed by atoms with Gasteiger partial charge in [-0.05, 0) is 74.7 Å². The summed E-state index contributed by atoms with van der Waals surface area (Å²) in [6, 6.07) is 10.3. The topological polar surface area (TPSA) is 12.0 Å². The van der Waals surface area contributed by atoms with Crippen LogP contribution in [0, 0.1) is 20.8 Å². The van der Waals surface area contributed by atoms with Gasteiger partial charge in [0, 0.05) is 16.1 Å². The molecule has 1 atom stereocenters. The molecular weight excluding hydrogens is 301 g/mol. The number of halogens is 2. The standard InChI is InChI=1S/C18H21Cl2N/c1-11-7-12(2)18(13(3)8-11)17(21-4)10-14-9-15(19)5-6-16(14)20/h5-9,17,21H,10H2,1-4H3. The Morgan fingerprint density at radius 3 is 2.19 bits per heavy atom. The lowest BCUT2D eigenvalue weighted by Gasteiger charge is -2.22. The molecule has 0 amide bonds. The summed E-state index contributed by atoms with van der Waals surface area (Å²) in [5, 5.41) is 4.90. The molecule has 0 fully saturated rings. The highest BCUT2D eigenvalue weighted by Crippen LogP contribution is 2.29. The molecule has 0 aromatic heterocycles. The van der Waals surface area contributed by atoms with Crippen LogP contribution in [0.1, 0.15) is 33.9 Å². The zero-order valence-corrected chi connectivity index (χ0v) is 14.4. The Balaban J connectivity index is 2.39. The largest absolute Gasteiger partial charge is 0.313 e. The van der Waals surface area contributed by atoms with Crippen molar-refractivity contribution in [2.75, 3.05) is 7.05 Å². The van der Waals surface area contributed by atoms with Gasteiger partial charge in [-0.3, -0.25) is 0 Å². The minimum Gasteiger partial charge on any atom is -0.313 e. The van der Waals surface area contributed by atoms with Crippen LogP contribution >= 0.6 is 23.2 Å². The van der Waals surface area contributed by atoms with E-state index in [0.29, 0.717) is 0 Å². The molecule has 1 nitrogen and oxygen atoms in total. The van der Waals surface area contributed by atoms with Crippen molar-refractivity contribution >= 4 is 23.2 Å². The molecule has 0 aliphatic carbocycles. The summed E-state index contributed by atoms with van der Waals surface area (Å²) in [6.07, 6.45) is 0.820. The predicted molar refractivity (Wildman–Crippen MR) is 92.6 cm³/mol. The third-order valence-corrected chi connectivity index (χ3v) is 4.47. The molecule has 0 spiro atoms. The minimum atomic E-state index is 0.224. The Labute approximate surface area is 137 Å². The van der Waals surface area contributed by atoms with Gasteiger partial charge in [-0.2, -0.15) is 0 Å². The van der Waals surface area contributed by atoms with Crippen LogP contribution in [-0.4, -0.2) is 7.05 Å². The molecule has 2 rings (SSSR count). The van der Waals surface area contributed by atoms with Crippen molar-refractivity contribution in [1.29, 1.82) is 0 Å². The number of hydrogen-bond acceptors (Lipinski definition) is 1. The first-order chi connectivity index (χ1) is 9.92. The number of hydrogen-bond donors (Lipinski definition) is 1. The van der Waals surface area contributed by atoms with Gasteiger partial charge in [-0.1, -0.05) is 40.9 Å². The van der Waals surface area contributed by atoms with Gasteiger partial charge >= 0.3 is 0 Å². The van der Waals surface area contributed by atoms with E-state index in [1.54, 1.807) is 0 Å². The monoisotopic (exact) mass is 321 g/mol. The number of benzene rings is 2. The molecule has 112 valence electrons. The molecule has 0 aliphatic heterocycles. The summed E-state index contributed by atoms with van der Waals surface area (Å²) in [7, 11) is 1.99. The summed E-state index contributed by atoms with van der Waals surface area (Å²) in [5.74, 6) is 0. The van der Waals surface area contributed by atoms with Crippen LogP contribution in [0.4, 0.5) is 0 Å². The van der Waals surface area contributed by atoms with Crippen molar-refractivity contribution in [3.8, 4) is 0 Å². The van der Waals surface area contributed by atoms with Gasteiger partial charge in [0.2, 0.25) is 0 Å². The maximum atomic E-state index is 6.30. The fourth-order valence-electron chi connectivity index (χ4n) is 3.01. The molecule has 0 heterocycles. The first kappa shape index (κ1) is 16.4. The molecule has 0 bridgehead atoms. The zero-order valence-electron chi connectivity index (χ0n) is 12.9. The summed E-state index contributed by atoms with van der Waals surface area (Å²) in [6.45, 7) is 6.46. The van der Waals surface area contributed by atoms with Crippen LogP contribution in [0.15, 0.2) is 30.3 Å². The summed E-state index contributed by atoms with van der Waals surface area (Å²) in [5.41, 5.74) is 6.33. The summed E-state index contributed by atoms with van der Waals surface area (Å²) < 4.78 is 0. The second-order valence-electron chi connectivity index (χ2n) is 5.59. The lowest BCUT2D eigenvalue weighted by molar-refractivity contribution is 0.585. The first-order valence-electron chi connectivity index (χ1n) is 7.11. The van der Waals surface area contributed by atoms with Gasteiger partial charge in [-0.15, -0.1) is 0 Å². The van der Waals surface area contributed by atoms with Crippen molar-refractivity contribution < 1.29 is 0 Å². The quantitative estimate of drug-likeness (QED) is 0.792. The minimum absolute atomic E-state index is 0.224. The third kappa shape index (κ3) is 3.79. The van der Waals surface area contributed by atoms with Crippen molar-refractivity contribution in [2.45, 2.75) is 33.2 Å². The SMILES string of the molecule is CNC(Cc1cc(Cl)ccc1Cl)c1c(C)cc(C)cc1C.